The Morgan fingerprint density at radius 2 is 1.00 bits per heavy atom. The summed E-state index contributed by atoms with van der Waals surface area (Å²) in [7, 11) is 0. The van der Waals surface area contributed by atoms with Crippen LogP contribution >= 0.6 is 0 Å². The predicted octanol–water partition coefficient (Wildman–Crippen LogP) is 3.26. The van der Waals surface area contributed by atoms with Crippen LogP contribution in [0.1, 0.15) is 54.4 Å². The molecule has 0 radical (unpaired) electrons. The Labute approximate surface area is 99.1 Å². The molecule has 0 aromatic carbocycles. The molecule has 0 aliphatic heterocycles. The normalized spacial score (nSPS) is 19.1. The molecule has 0 fully saturated rings. The second-order valence-electron chi connectivity index (χ2n) is 4.01. The monoisotopic (exact) mass is 234 g/mol. The molecular formula is C12H26O4. The maximum absolute atomic E-state index is 5.49. The molecule has 4 heteroatoms. The first-order valence-electron chi connectivity index (χ1n) is 6.10. The lowest BCUT2D eigenvalue weighted by Gasteiger charge is -2.33. The highest BCUT2D eigenvalue weighted by atomic mass is 17.3. The fraction of sp³-hybridized carbons (Fsp3) is 1.00. The topological polar surface area (TPSA) is 36.9 Å². The van der Waals surface area contributed by atoms with E-state index in [0.717, 1.165) is 0 Å². The molecule has 0 aliphatic rings. The Balaban J connectivity index is 4.26. The van der Waals surface area contributed by atoms with Crippen molar-refractivity contribution in [1.82, 2.24) is 0 Å². The van der Waals surface area contributed by atoms with E-state index >= 15 is 0 Å². The van der Waals surface area contributed by atoms with Gasteiger partial charge in [-0.05, 0) is 27.7 Å². The van der Waals surface area contributed by atoms with Crippen LogP contribution in [0.3, 0.4) is 0 Å². The molecule has 0 aromatic rings. The van der Waals surface area contributed by atoms with Crippen molar-refractivity contribution >= 4 is 0 Å². The maximum Gasteiger partial charge on any atom is 0.198 e. The molecule has 0 spiro atoms. The van der Waals surface area contributed by atoms with E-state index in [1.54, 1.807) is 0 Å². The van der Waals surface area contributed by atoms with Gasteiger partial charge in [-0.2, -0.15) is 9.78 Å². The Morgan fingerprint density at radius 3 is 1.19 bits per heavy atom. The van der Waals surface area contributed by atoms with Gasteiger partial charge in [0.25, 0.3) is 0 Å². The maximum atomic E-state index is 5.49. The van der Waals surface area contributed by atoms with Crippen LogP contribution in [0, 0.1) is 0 Å². The third-order valence-corrected chi connectivity index (χ3v) is 2.58. The van der Waals surface area contributed by atoms with Gasteiger partial charge in [-0.1, -0.05) is 13.8 Å². The van der Waals surface area contributed by atoms with Crippen LogP contribution < -0.4 is 0 Å². The lowest BCUT2D eigenvalue weighted by atomic mass is 10.2. The summed E-state index contributed by atoms with van der Waals surface area (Å²) in [5.41, 5.74) is 0. The minimum Gasteiger partial charge on any atom is -0.348 e. The Morgan fingerprint density at radius 1 is 0.688 bits per heavy atom. The molecule has 0 heterocycles. The van der Waals surface area contributed by atoms with Crippen LogP contribution in [0.4, 0.5) is 0 Å². The summed E-state index contributed by atoms with van der Waals surface area (Å²) in [5, 5.41) is 0. The Bertz CT molecular complexity index is 166. The molecule has 0 saturated carbocycles. The van der Waals surface area contributed by atoms with Crippen molar-refractivity contribution in [3.8, 4) is 0 Å². The summed E-state index contributed by atoms with van der Waals surface area (Å²) in [6.45, 7) is 12.7. The van der Waals surface area contributed by atoms with Crippen LogP contribution in [0.25, 0.3) is 0 Å². The van der Waals surface area contributed by atoms with E-state index in [1.807, 2.05) is 41.5 Å². The van der Waals surface area contributed by atoms with E-state index in [2.05, 4.69) is 0 Å². The molecule has 0 amide bonds. The summed E-state index contributed by atoms with van der Waals surface area (Å²) in [6.07, 6.45) is 1.43. The number of rotatable bonds is 9. The van der Waals surface area contributed by atoms with Crippen LogP contribution in [-0.2, 0) is 19.2 Å². The highest BCUT2D eigenvalue weighted by molar-refractivity contribution is 4.60. The van der Waals surface area contributed by atoms with E-state index in [9.17, 15) is 0 Å². The van der Waals surface area contributed by atoms with Crippen molar-refractivity contribution in [1.29, 1.82) is 0 Å². The van der Waals surface area contributed by atoms with Gasteiger partial charge >= 0.3 is 0 Å². The Hall–Kier alpha value is -0.160. The highest BCUT2D eigenvalue weighted by Gasteiger charge is 2.31. The van der Waals surface area contributed by atoms with E-state index in [0.29, 0.717) is 26.1 Å². The SMILES string of the molecule is CCOC(C)(CC)OOC(C)(CC)OCC. The molecule has 4 nitrogen and oxygen atoms in total. The van der Waals surface area contributed by atoms with Crippen molar-refractivity contribution in [3.63, 3.8) is 0 Å². The van der Waals surface area contributed by atoms with Gasteiger partial charge in [-0.25, -0.2) is 0 Å². The standard InChI is InChI=1S/C12H26O4/c1-7-11(5,13-9-3)15-16-12(6,8-2)14-10-4/h7-10H2,1-6H3. The zero-order valence-corrected chi connectivity index (χ0v) is 11.5. The molecule has 16 heavy (non-hydrogen) atoms. The quantitative estimate of drug-likeness (QED) is 0.348. The molecule has 2 unspecified atom stereocenters. The minimum atomic E-state index is -0.706. The first kappa shape index (κ1) is 15.8. The summed E-state index contributed by atoms with van der Waals surface area (Å²) in [4.78, 5) is 10.8. The van der Waals surface area contributed by atoms with Gasteiger partial charge in [0.15, 0.2) is 11.6 Å². The number of hydrogen-bond acceptors (Lipinski definition) is 4. The summed E-state index contributed by atoms with van der Waals surface area (Å²) in [6, 6.07) is 0. The first-order chi connectivity index (χ1) is 7.45. The first-order valence-corrected chi connectivity index (χ1v) is 6.10. The Kier molecular flexibility index (Phi) is 7.15. The average Bonchev–Trinajstić information content (AvgIpc) is 2.27. The third kappa shape index (κ3) is 5.25. The average molecular weight is 234 g/mol. The molecule has 0 aliphatic carbocycles. The van der Waals surface area contributed by atoms with Crippen LogP contribution in [0.5, 0.6) is 0 Å². The van der Waals surface area contributed by atoms with Gasteiger partial charge in [-0.3, -0.25) is 0 Å². The molecule has 0 N–H and O–H groups in total. The van der Waals surface area contributed by atoms with E-state index < -0.39 is 11.6 Å². The van der Waals surface area contributed by atoms with E-state index in [1.165, 1.54) is 0 Å². The van der Waals surface area contributed by atoms with Gasteiger partial charge in [0, 0.05) is 26.1 Å². The van der Waals surface area contributed by atoms with E-state index in [-0.39, 0.29) is 0 Å². The van der Waals surface area contributed by atoms with Gasteiger partial charge in [0.2, 0.25) is 0 Å². The van der Waals surface area contributed by atoms with Crippen molar-refractivity contribution in [2.75, 3.05) is 13.2 Å². The van der Waals surface area contributed by atoms with Gasteiger partial charge < -0.3 is 9.47 Å². The van der Waals surface area contributed by atoms with Crippen LogP contribution in [-0.4, -0.2) is 24.8 Å². The smallest absolute Gasteiger partial charge is 0.198 e. The van der Waals surface area contributed by atoms with Gasteiger partial charge in [-0.15, -0.1) is 0 Å². The molecule has 0 bridgehead atoms. The highest BCUT2D eigenvalue weighted by Crippen LogP contribution is 2.24. The lowest BCUT2D eigenvalue weighted by molar-refractivity contribution is -0.497. The van der Waals surface area contributed by atoms with Crippen molar-refractivity contribution in [3.05, 3.63) is 0 Å². The second kappa shape index (κ2) is 7.22. The number of hydrogen-bond donors (Lipinski definition) is 0. The summed E-state index contributed by atoms with van der Waals surface area (Å²) >= 11 is 0. The van der Waals surface area contributed by atoms with Crippen molar-refractivity contribution < 1.29 is 19.2 Å². The third-order valence-electron chi connectivity index (χ3n) is 2.58. The largest absolute Gasteiger partial charge is 0.348 e. The van der Waals surface area contributed by atoms with Crippen LogP contribution in [0.15, 0.2) is 0 Å². The zero-order valence-electron chi connectivity index (χ0n) is 11.5. The van der Waals surface area contributed by atoms with Gasteiger partial charge in [0.05, 0.1) is 0 Å². The zero-order chi connectivity index (χ0) is 12.7. The molecule has 0 saturated heterocycles. The molecule has 98 valence electrons. The molecular weight excluding hydrogens is 208 g/mol. The minimum absolute atomic E-state index is 0.588. The summed E-state index contributed by atoms with van der Waals surface area (Å²) in [5.74, 6) is -1.41. The van der Waals surface area contributed by atoms with E-state index in [4.69, 9.17) is 19.2 Å². The second-order valence-corrected chi connectivity index (χ2v) is 4.01. The van der Waals surface area contributed by atoms with Gasteiger partial charge in [0.1, 0.15) is 0 Å². The van der Waals surface area contributed by atoms with Crippen molar-refractivity contribution in [2.24, 2.45) is 0 Å². The summed E-state index contributed by atoms with van der Waals surface area (Å²) < 4.78 is 11.0. The number of ether oxygens (including phenoxy) is 2. The fourth-order valence-electron chi connectivity index (χ4n) is 1.16. The van der Waals surface area contributed by atoms with Crippen LogP contribution in [0.2, 0.25) is 0 Å². The molecule has 0 aromatic heterocycles. The predicted molar refractivity (Wildman–Crippen MR) is 62.8 cm³/mol. The molecule has 2 atom stereocenters. The molecule has 0 rings (SSSR count). The lowest BCUT2D eigenvalue weighted by Crippen LogP contribution is -2.39. The van der Waals surface area contributed by atoms with Crippen molar-refractivity contribution in [2.45, 2.75) is 66.0 Å². The fourth-order valence-corrected chi connectivity index (χ4v) is 1.16.